The summed E-state index contributed by atoms with van der Waals surface area (Å²) in [5.74, 6) is 1.08. The number of thiol groups is 1. The average Bonchev–Trinajstić information content (AvgIpc) is 2.67. The summed E-state index contributed by atoms with van der Waals surface area (Å²) in [7, 11) is 0. The van der Waals surface area contributed by atoms with Crippen LogP contribution >= 0.6 is 28.6 Å². The fourth-order valence-corrected chi connectivity index (χ4v) is 3.13. The molecule has 3 aromatic rings. The van der Waals surface area contributed by atoms with Crippen LogP contribution in [0.2, 0.25) is 0 Å². The molecule has 0 aliphatic heterocycles. The molecule has 0 spiro atoms. The molecule has 0 saturated heterocycles. The van der Waals surface area contributed by atoms with E-state index in [1.165, 1.54) is 0 Å². The molecule has 6 nitrogen and oxygen atoms in total. The molecule has 144 valence electrons. The topological polar surface area (TPSA) is 85.7 Å². The first-order valence-corrected chi connectivity index (χ1v) is 10.00. The molecule has 0 bridgehead atoms. The number of halogens is 1. The van der Waals surface area contributed by atoms with Crippen molar-refractivity contribution >= 4 is 63.1 Å². The lowest BCUT2D eigenvalue weighted by atomic mass is 10.1. The third-order valence-corrected chi connectivity index (χ3v) is 4.92. The van der Waals surface area contributed by atoms with Gasteiger partial charge in [-0.2, -0.15) is 4.98 Å². The highest BCUT2D eigenvalue weighted by atomic mass is 79.9. The van der Waals surface area contributed by atoms with Crippen LogP contribution in [0.15, 0.2) is 58.0 Å². The van der Waals surface area contributed by atoms with Crippen molar-refractivity contribution in [3.8, 4) is 0 Å². The third kappa shape index (κ3) is 4.82. The Bertz CT molecular complexity index is 1010. The van der Waals surface area contributed by atoms with Gasteiger partial charge in [-0.1, -0.05) is 12.1 Å². The third-order valence-electron chi connectivity index (χ3n) is 3.95. The highest BCUT2D eigenvalue weighted by Gasteiger charge is 2.10. The molecule has 4 N–H and O–H groups in total. The Balaban J connectivity index is 1.86. The number of hydrogen-bond acceptors (Lipinski definition) is 7. The van der Waals surface area contributed by atoms with E-state index in [0.29, 0.717) is 17.5 Å². The molecule has 0 radical (unpaired) electrons. The van der Waals surface area contributed by atoms with Crippen LogP contribution in [0.1, 0.15) is 19.4 Å². The number of aromatic nitrogens is 2. The van der Waals surface area contributed by atoms with Gasteiger partial charge in [-0.05, 0) is 60.1 Å². The molecule has 0 amide bonds. The zero-order chi connectivity index (χ0) is 20.1. The lowest BCUT2D eigenvalue weighted by molar-refractivity contribution is 1.15. The van der Waals surface area contributed by atoms with Crippen molar-refractivity contribution in [2.45, 2.75) is 18.7 Å². The van der Waals surface area contributed by atoms with E-state index in [4.69, 9.17) is 5.41 Å². The molecular formula is C20H21BrN6S. The van der Waals surface area contributed by atoms with E-state index in [2.05, 4.69) is 54.5 Å². The normalized spacial score (nSPS) is 10.4. The second kappa shape index (κ2) is 9.07. The van der Waals surface area contributed by atoms with E-state index in [1.807, 2.05) is 49.4 Å². The summed E-state index contributed by atoms with van der Waals surface area (Å²) in [4.78, 5) is 9.71. The van der Waals surface area contributed by atoms with Gasteiger partial charge in [0, 0.05) is 40.3 Å². The number of nitrogens with zero attached hydrogens (tertiary/aromatic N) is 2. The molecular weight excluding hydrogens is 436 g/mol. The van der Waals surface area contributed by atoms with Gasteiger partial charge < -0.3 is 21.4 Å². The summed E-state index contributed by atoms with van der Waals surface area (Å²) in [6.45, 7) is 4.60. The van der Waals surface area contributed by atoms with Crippen LogP contribution in [0.5, 0.6) is 0 Å². The highest BCUT2D eigenvalue weighted by Crippen LogP contribution is 2.29. The van der Waals surface area contributed by atoms with Crippen LogP contribution in [-0.2, 0) is 0 Å². The second-order valence-corrected chi connectivity index (χ2v) is 7.41. The average molecular weight is 457 g/mol. The Morgan fingerprint density at radius 2 is 1.93 bits per heavy atom. The Kier molecular flexibility index (Phi) is 6.53. The molecule has 0 aliphatic carbocycles. The van der Waals surface area contributed by atoms with Gasteiger partial charge in [0.05, 0.1) is 10.2 Å². The molecule has 1 heterocycles. The molecule has 0 saturated carbocycles. The quantitative estimate of drug-likeness (QED) is 0.228. The van der Waals surface area contributed by atoms with Gasteiger partial charge in [0.15, 0.2) is 0 Å². The van der Waals surface area contributed by atoms with Crippen LogP contribution in [0.25, 0.3) is 0 Å². The van der Waals surface area contributed by atoms with Gasteiger partial charge in [-0.15, -0.1) is 12.6 Å². The summed E-state index contributed by atoms with van der Waals surface area (Å²) in [6, 6.07) is 13.5. The predicted octanol–water partition coefficient (Wildman–Crippen LogP) is 5.83. The Hall–Kier alpha value is -2.58. The van der Waals surface area contributed by atoms with Gasteiger partial charge in [-0.3, -0.25) is 0 Å². The Morgan fingerprint density at radius 1 is 1.14 bits per heavy atom. The van der Waals surface area contributed by atoms with Crippen LogP contribution in [-0.4, -0.2) is 22.2 Å². The van der Waals surface area contributed by atoms with Crippen molar-refractivity contribution in [2.75, 3.05) is 22.5 Å². The van der Waals surface area contributed by atoms with Gasteiger partial charge in [0.25, 0.3) is 0 Å². The Morgan fingerprint density at radius 3 is 2.64 bits per heavy atom. The molecule has 28 heavy (non-hydrogen) atoms. The molecule has 8 heteroatoms. The predicted molar refractivity (Wildman–Crippen MR) is 123 cm³/mol. The summed E-state index contributed by atoms with van der Waals surface area (Å²) >= 11 is 7.94. The molecule has 2 aromatic carbocycles. The van der Waals surface area contributed by atoms with Crippen molar-refractivity contribution in [1.29, 1.82) is 5.41 Å². The fourth-order valence-electron chi connectivity index (χ4n) is 2.63. The van der Waals surface area contributed by atoms with Crippen LogP contribution in [0.4, 0.5) is 28.8 Å². The van der Waals surface area contributed by atoms with Gasteiger partial charge in [0.2, 0.25) is 5.95 Å². The minimum Gasteiger partial charge on any atom is -0.385 e. The summed E-state index contributed by atoms with van der Waals surface area (Å²) in [6.07, 6.45) is 1.69. The van der Waals surface area contributed by atoms with Crippen molar-refractivity contribution in [1.82, 2.24) is 9.97 Å². The minimum absolute atomic E-state index is 0.451. The van der Waals surface area contributed by atoms with E-state index in [-0.39, 0.29) is 0 Å². The molecule has 0 atom stereocenters. The number of rotatable bonds is 7. The maximum absolute atomic E-state index is 8.02. The monoisotopic (exact) mass is 456 g/mol. The number of benzene rings is 2. The number of para-hydroxylation sites is 1. The number of anilines is 5. The number of hydrogen-bond donors (Lipinski definition) is 5. The van der Waals surface area contributed by atoms with Gasteiger partial charge >= 0.3 is 0 Å². The second-order valence-electron chi connectivity index (χ2n) is 6.07. The maximum Gasteiger partial charge on any atom is 0.229 e. The standard InChI is InChI=1S/C20H21BrN6S/c1-3-23-16-9-8-13(10-14(16)12(2)22)25-20-24-11-15(21)19(27-20)26-17-6-4-5-7-18(17)28/h4-11,22-23,28H,3H2,1-2H3,(H2,24,25,26,27). The lowest BCUT2D eigenvalue weighted by Gasteiger charge is -2.14. The largest absolute Gasteiger partial charge is 0.385 e. The molecule has 0 aliphatic rings. The van der Waals surface area contributed by atoms with E-state index in [9.17, 15) is 0 Å². The zero-order valence-electron chi connectivity index (χ0n) is 15.5. The molecule has 0 fully saturated rings. The first kappa shape index (κ1) is 20.2. The lowest BCUT2D eigenvalue weighted by Crippen LogP contribution is -2.06. The van der Waals surface area contributed by atoms with Crippen LogP contribution in [0, 0.1) is 5.41 Å². The van der Waals surface area contributed by atoms with Gasteiger partial charge in [0.1, 0.15) is 5.82 Å². The molecule has 0 unspecified atom stereocenters. The molecule has 3 rings (SSSR count). The van der Waals surface area contributed by atoms with Crippen LogP contribution < -0.4 is 16.0 Å². The smallest absolute Gasteiger partial charge is 0.229 e. The summed E-state index contributed by atoms with van der Waals surface area (Å²) < 4.78 is 0.744. The maximum atomic E-state index is 8.02. The Labute approximate surface area is 178 Å². The first-order chi connectivity index (χ1) is 13.5. The fraction of sp³-hybridized carbons (Fsp3) is 0.150. The van der Waals surface area contributed by atoms with E-state index in [1.54, 1.807) is 13.1 Å². The van der Waals surface area contributed by atoms with Crippen molar-refractivity contribution in [3.05, 3.63) is 58.7 Å². The highest BCUT2D eigenvalue weighted by molar-refractivity contribution is 9.10. The van der Waals surface area contributed by atoms with E-state index in [0.717, 1.165) is 38.5 Å². The van der Waals surface area contributed by atoms with E-state index < -0.39 is 0 Å². The summed E-state index contributed by atoms with van der Waals surface area (Å²) in [5.41, 5.74) is 3.93. The minimum atomic E-state index is 0.451. The van der Waals surface area contributed by atoms with Crippen molar-refractivity contribution in [3.63, 3.8) is 0 Å². The number of nitrogens with one attached hydrogen (secondary N) is 4. The van der Waals surface area contributed by atoms with Crippen LogP contribution in [0.3, 0.4) is 0 Å². The van der Waals surface area contributed by atoms with Crippen molar-refractivity contribution < 1.29 is 0 Å². The summed E-state index contributed by atoms with van der Waals surface area (Å²) in [5, 5.41) is 17.8. The van der Waals surface area contributed by atoms with Gasteiger partial charge in [-0.25, -0.2) is 4.98 Å². The zero-order valence-corrected chi connectivity index (χ0v) is 18.0. The van der Waals surface area contributed by atoms with E-state index >= 15 is 0 Å². The van der Waals surface area contributed by atoms with Crippen molar-refractivity contribution in [2.24, 2.45) is 0 Å². The SMILES string of the molecule is CCNc1ccc(Nc2ncc(Br)c(Nc3ccccc3S)n2)cc1C(C)=N. The molecule has 1 aromatic heterocycles. The first-order valence-electron chi connectivity index (χ1n) is 8.76.